The minimum Gasteiger partial charge on any atom is -0.359 e. The Morgan fingerprint density at radius 3 is 2.35 bits per heavy atom. The lowest BCUT2D eigenvalue weighted by Gasteiger charge is -2.30. The van der Waals surface area contributed by atoms with Crippen LogP contribution in [0.25, 0.3) is 0 Å². The molecule has 1 heterocycles. The summed E-state index contributed by atoms with van der Waals surface area (Å²) in [6.07, 6.45) is 13.6. The Kier molecular flexibility index (Phi) is 3.75. The molecule has 0 bridgehead atoms. The van der Waals surface area contributed by atoms with Crippen molar-refractivity contribution in [1.29, 1.82) is 0 Å². The second-order valence-corrected chi connectivity index (χ2v) is 7.06. The van der Waals surface area contributed by atoms with Crippen LogP contribution in [0.15, 0.2) is 108 Å². The van der Waals surface area contributed by atoms with Crippen molar-refractivity contribution in [3.05, 3.63) is 108 Å². The van der Waals surface area contributed by atoms with Crippen molar-refractivity contribution in [2.45, 2.75) is 18.9 Å². The normalized spacial score (nSPS) is 23.5. The van der Waals surface area contributed by atoms with Gasteiger partial charge in [-0.15, -0.1) is 0 Å². The smallest absolute Gasteiger partial charge is 0.0626 e. The third-order valence-electron chi connectivity index (χ3n) is 5.48. The Balaban J connectivity index is 1.54. The number of hydrogen-bond acceptors (Lipinski definition) is 2. The van der Waals surface area contributed by atoms with Gasteiger partial charge in [0, 0.05) is 28.7 Å². The maximum atomic E-state index is 3.61. The summed E-state index contributed by atoms with van der Waals surface area (Å²) in [7, 11) is 0. The van der Waals surface area contributed by atoms with Crippen molar-refractivity contribution in [3.8, 4) is 0 Å². The standard InChI is InChI=1S/C24H22N2/c1-3-9-18(10-4-1)25-19-15-16-22-21-13-7-8-14-23(21)26(24(22)17-19)20-11-5-2-6-12-20/h1-14,17,21,23,25H,15-16H2. The van der Waals surface area contributed by atoms with Crippen molar-refractivity contribution in [2.24, 2.45) is 5.92 Å². The van der Waals surface area contributed by atoms with E-state index in [1.54, 1.807) is 5.57 Å². The highest BCUT2D eigenvalue weighted by Crippen LogP contribution is 2.45. The molecule has 2 unspecified atom stereocenters. The molecule has 2 nitrogen and oxygen atoms in total. The Morgan fingerprint density at radius 2 is 1.54 bits per heavy atom. The number of fused-ring (bicyclic) bond motifs is 2. The van der Waals surface area contributed by atoms with E-state index >= 15 is 0 Å². The van der Waals surface area contributed by atoms with E-state index in [1.807, 2.05) is 0 Å². The summed E-state index contributed by atoms with van der Waals surface area (Å²) in [5.74, 6) is 0.490. The number of rotatable bonds is 3. The van der Waals surface area contributed by atoms with Crippen molar-refractivity contribution in [2.75, 3.05) is 10.2 Å². The molecule has 2 aromatic carbocycles. The van der Waals surface area contributed by atoms with Gasteiger partial charge in [0.05, 0.1) is 6.04 Å². The van der Waals surface area contributed by atoms with E-state index in [1.165, 1.54) is 17.1 Å². The number of nitrogens with one attached hydrogen (secondary N) is 1. The lowest BCUT2D eigenvalue weighted by molar-refractivity contribution is 0.656. The van der Waals surface area contributed by atoms with E-state index in [0.29, 0.717) is 12.0 Å². The van der Waals surface area contributed by atoms with Gasteiger partial charge in [0.1, 0.15) is 0 Å². The Labute approximate surface area is 154 Å². The largest absolute Gasteiger partial charge is 0.359 e. The maximum Gasteiger partial charge on any atom is 0.0626 e. The Bertz CT molecular complexity index is 919. The van der Waals surface area contributed by atoms with Crippen LogP contribution in [0.2, 0.25) is 0 Å². The fourth-order valence-electron chi connectivity index (χ4n) is 4.32. The van der Waals surface area contributed by atoms with Gasteiger partial charge in [0.15, 0.2) is 0 Å². The number of benzene rings is 2. The molecule has 1 N–H and O–H groups in total. The highest BCUT2D eigenvalue weighted by molar-refractivity contribution is 5.66. The van der Waals surface area contributed by atoms with E-state index in [2.05, 4.69) is 101 Å². The van der Waals surface area contributed by atoms with E-state index in [0.717, 1.165) is 18.5 Å². The lowest BCUT2D eigenvalue weighted by atomic mass is 9.86. The number of anilines is 2. The van der Waals surface area contributed by atoms with Gasteiger partial charge >= 0.3 is 0 Å². The predicted octanol–water partition coefficient (Wildman–Crippen LogP) is 5.66. The zero-order valence-electron chi connectivity index (χ0n) is 14.7. The molecule has 26 heavy (non-hydrogen) atoms. The molecule has 3 aliphatic rings. The molecule has 0 saturated heterocycles. The molecule has 2 aliphatic carbocycles. The monoisotopic (exact) mass is 338 g/mol. The first-order valence-corrected chi connectivity index (χ1v) is 9.35. The SMILES string of the molecule is C1=CC2C3=C(C=C(Nc4ccccc4)CC3)N(c3ccccc3)C2C=C1. The van der Waals surface area contributed by atoms with E-state index < -0.39 is 0 Å². The van der Waals surface area contributed by atoms with Crippen molar-refractivity contribution in [1.82, 2.24) is 0 Å². The van der Waals surface area contributed by atoms with Gasteiger partial charge in [-0.3, -0.25) is 0 Å². The first kappa shape index (κ1) is 15.3. The van der Waals surface area contributed by atoms with Crippen LogP contribution in [0.4, 0.5) is 11.4 Å². The second-order valence-electron chi connectivity index (χ2n) is 7.06. The summed E-state index contributed by atoms with van der Waals surface area (Å²) in [6, 6.07) is 21.6. The van der Waals surface area contributed by atoms with Gasteiger partial charge in [-0.1, -0.05) is 60.7 Å². The highest BCUT2D eigenvalue weighted by atomic mass is 15.2. The van der Waals surface area contributed by atoms with Crippen LogP contribution < -0.4 is 10.2 Å². The Hall–Kier alpha value is -3.00. The average molecular weight is 338 g/mol. The summed E-state index contributed by atoms with van der Waals surface area (Å²) in [5, 5.41) is 3.61. The molecule has 2 heteroatoms. The van der Waals surface area contributed by atoms with Crippen LogP contribution in [-0.2, 0) is 0 Å². The molecule has 0 spiro atoms. The first-order chi connectivity index (χ1) is 12.9. The molecular formula is C24H22N2. The van der Waals surface area contributed by atoms with E-state index in [9.17, 15) is 0 Å². The molecule has 0 saturated carbocycles. The van der Waals surface area contributed by atoms with Crippen LogP contribution in [0.3, 0.4) is 0 Å². The molecule has 5 rings (SSSR count). The fraction of sp³-hybridized carbons (Fsp3) is 0.167. The van der Waals surface area contributed by atoms with Gasteiger partial charge in [0.2, 0.25) is 0 Å². The lowest BCUT2D eigenvalue weighted by Crippen LogP contribution is -2.32. The van der Waals surface area contributed by atoms with Crippen molar-refractivity contribution < 1.29 is 0 Å². The number of para-hydroxylation sites is 2. The van der Waals surface area contributed by atoms with Crippen molar-refractivity contribution >= 4 is 11.4 Å². The van der Waals surface area contributed by atoms with Crippen LogP contribution in [0.1, 0.15) is 12.8 Å². The summed E-state index contributed by atoms with van der Waals surface area (Å²) >= 11 is 0. The van der Waals surface area contributed by atoms with Crippen molar-refractivity contribution in [3.63, 3.8) is 0 Å². The molecule has 128 valence electrons. The first-order valence-electron chi connectivity index (χ1n) is 9.35. The maximum absolute atomic E-state index is 3.61. The minimum atomic E-state index is 0.389. The third-order valence-corrected chi connectivity index (χ3v) is 5.48. The third kappa shape index (κ3) is 2.59. The summed E-state index contributed by atoms with van der Waals surface area (Å²) in [5.41, 5.74) is 6.65. The average Bonchev–Trinajstić information content (AvgIpc) is 3.03. The van der Waals surface area contributed by atoms with Gasteiger partial charge < -0.3 is 10.2 Å². The fourth-order valence-corrected chi connectivity index (χ4v) is 4.32. The number of hydrogen-bond donors (Lipinski definition) is 1. The zero-order chi connectivity index (χ0) is 17.3. The predicted molar refractivity (Wildman–Crippen MR) is 109 cm³/mol. The van der Waals surface area contributed by atoms with Crippen LogP contribution in [0, 0.1) is 5.92 Å². The zero-order valence-corrected chi connectivity index (χ0v) is 14.7. The molecule has 0 radical (unpaired) electrons. The molecular weight excluding hydrogens is 316 g/mol. The van der Waals surface area contributed by atoms with Gasteiger partial charge in [-0.25, -0.2) is 0 Å². The number of nitrogens with zero attached hydrogens (tertiary/aromatic N) is 1. The highest BCUT2D eigenvalue weighted by Gasteiger charge is 2.39. The molecule has 2 aromatic rings. The van der Waals surface area contributed by atoms with E-state index in [4.69, 9.17) is 0 Å². The van der Waals surface area contributed by atoms with Crippen LogP contribution in [0.5, 0.6) is 0 Å². The number of allylic oxidation sites excluding steroid dienone is 4. The van der Waals surface area contributed by atoms with Crippen LogP contribution >= 0.6 is 0 Å². The summed E-state index contributed by atoms with van der Waals surface area (Å²) in [4.78, 5) is 2.51. The van der Waals surface area contributed by atoms with Gasteiger partial charge in [-0.05, 0) is 48.8 Å². The topological polar surface area (TPSA) is 15.3 Å². The summed E-state index contributed by atoms with van der Waals surface area (Å²) in [6.45, 7) is 0. The van der Waals surface area contributed by atoms with E-state index in [-0.39, 0.29) is 0 Å². The molecule has 1 aliphatic heterocycles. The molecule has 0 amide bonds. The molecule has 0 aromatic heterocycles. The van der Waals surface area contributed by atoms with Gasteiger partial charge in [0.25, 0.3) is 0 Å². The van der Waals surface area contributed by atoms with Crippen LogP contribution in [-0.4, -0.2) is 6.04 Å². The minimum absolute atomic E-state index is 0.389. The molecule has 0 fully saturated rings. The quantitative estimate of drug-likeness (QED) is 0.776. The second kappa shape index (κ2) is 6.38. The van der Waals surface area contributed by atoms with Gasteiger partial charge in [-0.2, -0.15) is 0 Å². The Morgan fingerprint density at radius 1 is 0.808 bits per heavy atom. The summed E-state index contributed by atoms with van der Waals surface area (Å²) < 4.78 is 0. The molecule has 2 atom stereocenters.